The monoisotopic (exact) mass is 490 g/mol. The Morgan fingerprint density at radius 1 is 1.29 bits per heavy atom. The number of H-pyrrole nitrogens is 1. The van der Waals surface area contributed by atoms with Crippen molar-refractivity contribution in [3.63, 3.8) is 0 Å². The molecule has 3 rings (SSSR count). The van der Waals surface area contributed by atoms with Gasteiger partial charge in [0.05, 0.1) is 0 Å². The average molecular weight is 491 g/mol. The summed E-state index contributed by atoms with van der Waals surface area (Å²) in [4.78, 5) is 44.1. The Bertz CT molecular complexity index is 1140. The van der Waals surface area contributed by atoms with Crippen LogP contribution in [0, 0.1) is 17.2 Å². The zero-order chi connectivity index (χ0) is 26.0. The number of nitrogens with zero attached hydrogens (tertiary/aromatic N) is 1. The number of carbonyl (C=O) groups is 2. The molecule has 0 radical (unpaired) electrons. The summed E-state index contributed by atoms with van der Waals surface area (Å²) in [5, 5.41) is 34.8. The fourth-order valence-electron chi connectivity index (χ4n) is 4.99. The van der Waals surface area contributed by atoms with E-state index in [0.717, 1.165) is 0 Å². The summed E-state index contributed by atoms with van der Waals surface area (Å²) in [7, 11) is 0. The molecule has 6 N–H and O–H groups in total. The van der Waals surface area contributed by atoms with E-state index < -0.39 is 51.7 Å². The molecule has 3 unspecified atom stereocenters. The Kier molecular flexibility index (Phi) is 7.49. The number of carbonyl (C=O) groups excluding carboxylic acids is 1. The molecule has 35 heavy (non-hydrogen) atoms. The highest BCUT2D eigenvalue weighted by molar-refractivity contribution is 5.94. The molecule has 2 amide bonds. The second-order valence-electron chi connectivity index (χ2n) is 10.1. The van der Waals surface area contributed by atoms with Crippen molar-refractivity contribution in [3.8, 4) is 5.75 Å². The number of aliphatic hydroxyl groups excluding tert-OH is 1. The van der Waals surface area contributed by atoms with Crippen molar-refractivity contribution in [2.45, 2.75) is 58.0 Å². The molecule has 190 valence electrons. The third-order valence-electron chi connectivity index (χ3n) is 6.54. The third-order valence-corrected chi connectivity index (χ3v) is 6.54. The first-order valence-electron chi connectivity index (χ1n) is 11.3. The van der Waals surface area contributed by atoms with E-state index in [1.54, 1.807) is 0 Å². The number of aliphatic hydroxyl groups is 1. The summed E-state index contributed by atoms with van der Waals surface area (Å²) < 4.78 is 13.1. The minimum Gasteiger partial charge on any atom is -0.501 e. The summed E-state index contributed by atoms with van der Waals surface area (Å²) in [5.74, 6) is -2.20. The minimum atomic E-state index is -1.25. The van der Waals surface area contributed by atoms with Crippen LogP contribution in [0.4, 0.5) is 9.18 Å². The topological polar surface area (TPSA) is 165 Å². The van der Waals surface area contributed by atoms with Gasteiger partial charge in [0, 0.05) is 24.6 Å². The number of benzene rings is 1. The maximum atomic E-state index is 13.1. The molecule has 0 bridgehead atoms. The normalized spacial score (nSPS) is 20.9. The predicted octanol–water partition coefficient (Wildman–Crippen LogP) is 2.26. The third kappa shape index (κ3) is 5.61. The molecule has 1 saturated carbocycles. The van der Waals surface area contributed by atoms with Gasteiger partial charge in [0.1, 0.15) is 11.6 Å². The standard InChI is InChI=1S/C24H31FN4O6/c1-23(2,3)20(29-22(34)35)24(9-8-14(10-24)12-30)21-27-16(17(31)19(33)28-21)18(32)26-11-13-4-6-15(25)7-5-13/h4-7,14,20,29-31H,8-12H2,1-3H3,(H,26,32)(H,34,35)(H,27,28,33). The van der Waals surface area contributed by atoms with Gasteiger partial charge in [-0.2, -0.15) is 0 Å². The van der Waals surface area contributed by atoms with Crippen LogP contribution < -0.4 is 16.2 Å². The first-order chi connectivity index (χ1) is 16.4. The zero-order valence-electron chi connectivity index (χ0n) is 19.9. The van der Waals surface area contributed by atoms with Crippen LogP contribution in [-0.4, -0.2) is 49.9 Å². The van der Waals surface area contributed by atoms with Gasteiger partial charge in [-0.25, -0.2) is 14.2 Å². The molecule has 1 aromatic heterocycles. The van der Waals surface area contributed by atoms with E-state index in [2.05, 4.69) is 20.6 Å². The van der Waals surface area contributed by atoms with Crippen LogP contribution in [0.3, 0.4) is 0 Å². The van der Waals surface area contributed by atoms with E-state index >= 15 is 0 Å². The molecule has 1 aliphatic carbocycles. The van der Waals surface area contributed by atoms with Gasteiger partial charge in [-0.05, 0) is 48.3 Å². The van der Waals surface area contributed by atoms with Crippen LogP contribution >= 0.6 is 0 Å². The zero-order valence-corrected chi connectivity index (χ0v) is 19.9. The lowest BCUT2D eigenvalue weighted by molar-refractivity contribution is 0.0938. The molecule has 1 aromatic carbocycles. The first-order valence-corrected chi connectivity index (χ1v) is 11.3. The van der Waals surface area contributed by atoms with E-state index in [0.29, 0.717) is 24.8 Å². The maximum Gasteiger partial charge on any atom is 0.404 e. The van der Waals surface area contributed by atoms with E-state index in [1.807, 2.05) is 20.8 Å². The highest BCUT2D eigenvalue weighted by atomic mass is 19.1. The van der Waals surface area contributed by atoms with Crippen molar-refractivity contribution in [1.29, 1.82) is 0 Å². The molecular weight excluding hydrogens is 459 g/mol. The van der Waals surface area contributed by atoms with Crippen molar-refractivity contribution in [2.24, 2.45) is 11.3 Å². The lowest BCUT2D eigenvalue weighted by Crippen LogP contribution is -2.57. The van der Waals surface area contributed by atoms with E-state index in [4.69, 9.17) is 0 Å². The molecule has 0 spiro atoms. The SMILES string of the molecule is CC(C)(C)C(NC(=O)O)C1(c2nc(C(=O)NCc3ccc(F)cc3)c(O)c(=O)[nH]2)CCC(CO)C1. The van der Waals surface area contributed by atoms with Crippen molar-refractivity contribution >= 4 is 12.0 Å². The number of hydrogen-bond donors (Lipinski definition) is 6. The smallest absolute Gasteiger partial charge is 0.404 e. The number of amides is 2. The number of aromatic nitrogens is 2. The molecule has 3 atom stereocenters. The van der Waals surface area contributed by atoms with Gasteiger partial charge in [-0.3, -0.25) is 9.59 Å². The van der Waals surface area contributed by atoms with Crippen LogP contribution in [-0.2, 0) is 12.0 Å². The molecule has 11 heteroatoms. The van der Waals surface area contributed by atoms with Crippen LogP contribution in [0.5, 0.6) is 5.75 Å². The summed E-state index contributed by atoms with van der Waals surface area (Å²) in [6.45, 7) is 5.41. The predicted molar refractivity (Wildman–Crippen MR) is 125 cm³/mol. The molecule has 2 aromatic rings. The quantitative estimate of drug-likeness (QED) is 0.346. The van der Waals surface area contributed by atoms with Crippen LogP contribution in [0.2, 0.25) is 0 Å². The molecule has 1 heterocycles. The van der Waals surface area contributed by atoms with Gasteiger partial charge in [-0.15, -0.1) is 0 Å². The average Bonchev–Trinajstić information content (AvgIpc) is 3.23. The highest BCUT2D eigenvalue weighted by Crippen LogP contribution is 2.49. The number of nitrogens with one attached hydrogen (secondary N) is 3. The number of aromatic amines is 1. The Morgan fingerprint density at radius 2 is 1.94 bits per heavy atom. The largest absolute Gasteiger partial charge is 0.501 e. The van der Waals surface area contributed by atoms with E-state index in [-0.39, 0.29) is 24.9 Å². The maximum absolute atomic E-state index is 13.1. The summed E-state index contributed by atoms with van der Waals surface area (Å²) in [5.41, 5.74) is -2.49. The van der Waals surface area contributed by atoms with Crippen LogP contribution in [0.1, 0.15) is 61.9 Å². The van der Waals surface area contributed by atoms with E-state index in [9.17, 15) is 34.1 Å². The number of rotatable bonds is 7. The fourth-order valence-corrected chi connectivity index (χ4v) is 4.99. The second-order valence-corrected chi connectivity index (χ2v) is 10.1. The van der Waals surface area contributed by atoms with Crippen LogP contribution in [0.25, 0.3) is 0 Å². The Morgan fingerprint density at radius 3 is 2.49 bits per heavy atom. The highest BCUT2D eigenvalue weighted by Gasteiger charge is 2.53. The molecule has 10 nitrogen and oxygen atoms in total. The Balaban J connectivity index is 2.04. The van der Waals surface area contributed by atoms with Gasteiger partial charge < -0.3 is 30.9 Å². The van der Waals surface area contributed by atoms with Crippen molar-refractivity contribution in [2.75, 3.05) is 6.61 Å². The molecule has 0 saturated heterocycles. The van der Waals surface area contributed by atoms with Crippen molar-refractivity contribution in [1.82, 2.24) is 20.6 Å². The fraction of sp³-hybridized carbons (Fsp3) is 0.500. The molecule has 1 fully saturated rings. The lowest BCUT2D eigenvalue weighted by Gasteiger charge is -2.44. The van der Waals surface area contributed by atoms with Gasteiger partial charge in [-0.1, -0.05) is 32.9 Å². The van der Waals surface area contributed by atoms with E-state index in [1.165, 1.54) is 24.3 Å². The van der Waals surface area contributed by atoms with Crippen molar-refractivity contribution < 1.29 is 29.3 Å². The summed E-state index contributed by atoms with van der Waals surface area (Å²) in [6, 6.07) is 4.73. The Labute approximate surface area is 201 Å². The summed E-state index contributed by atoms with van der Waals surface area (Å²) in [6.07, 6.45) is 0.0113. The van der Waals surface area contributed by atoms with Gasteiger partial charge in [0.15, 0.2) is 5.69 Å². The van der Waals surface area contributed by atoms with Crippen LogP contribution in [0.15, 0.2) is 29.1 Å². The number of aromatic hydroxyl groups is 1. The summed E-state index contributed by atoms with van der Waals surface area (Å²) >= 11 is 0. The van der Waals surface area contributed by atoms with Gasteiger partial charge >= 0.3 is 6.09 Å². The lowest BCUT2D eigenvalue weighted by atomic mass is 9.66. The number of halogens is 1. The second kappa shape index (κ2) is 10.0. The minimum absolute atomic E-state index is 0.00524. The number of carboxylic acid groups (broad SMARTS) is 1. The van der Waals surface area contributed by atoms with Crippen molar-refractivity contribution in [3.05, 3.63) is 57.5 Å². The molecule has 1 aliphatic rings. The molecular formula is C24H31FN4O6. The first kappa shape index (κ1) is 26.1. The van der Waals surface area contributed by atoms with Gasteiger partial charge in [0.25, 0.3) is 11.5 Å². The number of hydrogen-bond acceptors (Lipinski definition) is 6. The van der Waals surface area contributed by atoms with Gasteiger partial charge in [0.2, 0.25) is 5.75 Å². The molecule has 0 aliphatic heterocycles. The Hall–Kier alpha value is -3.47.